The van der Waals surface area contributed by atoms with Crippen molar-refractivity contribution in [2.24, 2.45) is 0 Å². The van der Waals surface area contributed by atoms with E-state index in [9.17, 15) is 18.0 Å². The molecule has 0 aliphatic heterocycles. The highest BCUT2D eigenvalue weighted by Gasteiger charge is 2.30. The molecule has 3 rings (SSSR count). The molecule has 31 heavy (non-hydrogen) atoms. The van der Waals surface area contributed by atoms with Crippen molar-refractivity contribution in [2.75, 3.05) is 0 Å². The Kier molecular flexibility index (Phi) is 6.68. The number of carboxylic acids is 1. The van der Waals surface area contributed by atoms with Crippen molar-refractivity contribution in [3.63, 3.8) is 0 Å². The second kappa shape index (κ2) is 9.25. The predicted molar refractivity (Wildman–Crippen MR) is 113 cm³/mol. The number of ether oxygens (including phenoxy) is 1. The third-order valence-electron chi connectivity index (χ3n) is 4.92. The fraction of sp³-hybridized carbons (Fsp3) is 0.240. The van der Waals surface area contributed by atoms with Gasteiger partial charge in [-0.15, -0.1) is 0 Å². The second-order valence-electron chi connectivity index (χ2n) is 7.70. The molecule has 3 aromatic carbocycles. The fourth-order valence-electron chi connectivity index (χ4n) is 3.20. The molecule has 0 radical (unpaired) electrons. The van der Waals surface area contributed by atoms with Gasteiger partial charge in [0, 0.05) is 0 Å². The highest BCUT2D eigenvalue weighted by molar-refractivity contribution is 5.73. The SMILES string of the molecule is CC(C)c1ccc(COc2cc(CC(=O)O)cc(-c3ccc(C(F)(F)F)cc3)c2)cc1. The standard InChI is InChI=1S/C25H23F3O3/c1-16(2)19-5-3-17(4-6-19)15-31-23-12-18(13-24(29)30)11-21(14-23)20-7-9-22(10-8-20)25(26,27)28/h3-12,14,16H,13,15H2,1-2H3,(H,29,30). The van der Waals surface area contributed by atoms with Crippen LogP contribution < -0.4 is 4.74 Å². The number of halogens is 3. The van der Waals surface area contributed by atoms with E-state index in [2.05, 4.69) is 13.8 Å². The summed E-state index contributed by atoms with van der Waals surface area (Å²) >= 11 is 0. The first-order chi connectivity index (χ1) is 14.6. The molecular weight excluding hydrogens is 405 g/mol. The molecule has 3 nitrogen and oxygen atoms in total. The first kappa shape index (κ1) is 22.4. The Balaban J connectivity index is 1.85. The molecule has 1 N–H and O–H groups in total. The molecule has 0 bridgehead atoms. The average Bonchev–Trinajstić information content (AvgIpc) is 2.71. The summed E-state index contributed by atoms with van der Waals surface area (Å²) in [6.45, 7) is 4.52. The molecule has 0 heterocycles. The van der Waals surface area contributed by atoms with Crippen molar-refractivity contribution in [1.82, 2.24) is 0 Å². The lowest BCUT2D eigenvalue weighted by Gasteiger charge is -2.13. The van der Waals surface area contributed by atoms with E-state index in [1.807, 2.05) is 24.3 Å². The third kappa shape index (κ3) is 6.10. The molecular formula is C25H23F3O3. The largest absolute Gasteiger partial charge is 0.489 e. The number of hydrogen-bond donors (Lipinski definition) is 1. The Hall–Kier alpha value is -3.28. The molecule has 0 amide bonds. The molecule has 3 aromatic rings. The minimum absolute atomic E-state index is 0.214. The molecule has 0 aromatic heterocycles. The van der Waals surface area contributed by atoms with E-state index in [-0.39, 0.29) is 6.42 Å². The van der Waals surface area contributed by atoms with Crippen LogP contribution in [0.5, 0.6) is 5.75 Å². The van der Waals surface area contributed by atoms with Crippen LogP contribution >= 0.6 is 0 Å². The van der Waals surface area contributed by atoms with Gasteiger partial charge in [0.2, 0.25) is 0 Å². The molecule has 0 spiro atoms. The Morgan fingerprint density at radius 3 is 2.10 bits per heavy atom. The number of carbonyl (C=O) groups is 1. The lowest BCUT2D eigenvalue weighted by atomic mass is 10.00. The Labute approximate surface area is 179 Å². The van der Waals surface area contributed by atoms with Crippen molar-refractivity contribution in [2.45, 2.75) is 39.0 Å². The zero-order valence-corrected chi connectivity index (χ0v) is 17.2. The smallest absolute Gasteiger partial charge is 0.416 e. The van der Waals surface area contributed by atoms with Crippen LogP contribution in [0.1, 0.15) is 42.0 Å². The van der Waals surface area contributed by atoms with Crippen molar-refractivity contribution in [3.05, 3.63) is 89.0 Å². The third-order valence-corrected chi connectivity index (χ3v) is 4.92. The van der Waals surface area contributed by atoms with E-state index in [1.165, 1.54) is 17.7 Å². The van der Waals surface area contributed by atoms with Gasteiger partial charge >= 0.3 is 12.1 Å². The molecule has 0 fully saturated rings. The Morgan fingerprint density at radius 2 is 1.55 bits per heavy atom. The first-order valence-electron chi connectivity index (χ1n) is 9.87. The predicted octanol–water partition coefficient (Wildman–Crippen LogP) is 6.70. The number of hydrogen-bond acceptors (Lipinski definition) is 2. The van der Waals surface area contributed by atoms with Crippen LogP contribution in [0.4, 0.5) is 13.2 Å². The molecule has 0 aliphatic carbocycles. The minimum atomic E-state index is -4.41. The Morgan fingerprint density at radius 1 is 0.903 bits per heavy atom. The molecule has 0 atom stereocenters. The summed E-state index contributed by atoms with van der Waals surface area (Å²) in [6.07, 6.45) is -4.63. The van der Waals surface area contributed by atoms with Crippen LogP contribution in [0.3, 0.4) is 0 Å². The van der Waals surface area contributed by atoms with Gasteiger partial charge in [0.25, 0.3) is 0 Å². The monoisotopic (exact) mass is 428 g/mol. The van der Waals surface area contributed by atoms with Gasteiger partial charge in [-0.2, -0.15) is 13.2 Å². The first-order valence-corrected chi connectivity index (χ1v) is 9.87. The van der Waals surface area contributed by atoms with Crippen molar-refractivity contribution < 1.29 is 27.8 Å². The minimum Gasteiger partial charge on any atom is -0.489 e. The van der Waals surface area contributed by atoms with Gasteiger partial charge in [-0.1, -0.05) is 56.3 Å². The molecule has 6 heteroatoms. The zero-order chi connectivity index (χ0) is 22.6. The van der Waals surface area contributed by atoms with Gasteiger partial charge in [0.15, 0.2) is 0 Å². The van der Waals surface area contributed by atoms with E-state index < -0.39 is 17.7 Å². The van der Waals surface area contributed by atoms with Crippen LogP contribution in [0, 0.1) is 0 Å². The summed E-state index contributed by atoms with van der Waals surface area (Å²) in [5.41, 5.74) is 3.10. The van der Waals surface area contributed by atoms with E-state index in [0.29, 0.717) is 35.0 Å². The van der Waals surface area contributed by atoms with E-state index in [1.54, 1.807) is 18.2 Å². The maximum Gasteiger partial charge on any atom is 0.416 e. The van der Waals surface area contributed by atoms with Crippen LogP contribution in [0.25, 0.3) is 11.1 Å². The zero-order valence-electron chi connectivity index (χ0n) is 17.2. The van der Waals surface area contributed by atoms with E-state index in [0.717, 1.165) is 17.7 Å². The van der Waals surface area contributed by atoms with Crippen molar-refractivity contribution in [3.8, 4) is 16.9 Å². The Bertz CT molecular complexity index is 1040. The van der Waals surface area contributed by atoms with Gasteiger partial charge in [-0.25, -0.2) is 0 Å². The lowest BCUT2D eigenvalue weighted by Crippen LogP contribution is -2.04. The summed E-state index contributed by atoms with van der Waals surface area (Å²) in [5.74, 6) is -0.115. The van der Waals surface area contributed by atoms with E-state index >= 15 is 0 Å². The molecule has 0 saturated heterocycles. The normalized spacial score (nSPS) is 11.5. The molecule has 0 aliphatic rings. The van der Waals surface area contributed by atoms with Gasteiger partial charge in [0.1, 0.15) is 12.4 Å². The van der Waals surface area contributed by atoms with Crippen molar-refractivity contribution in [1.29, 1.82) is 0 Å². The van der Waals surface area contributed by atoms with Crippen LogP contribution in [0.15, 0.2) is 66.7 Å². The molecule has 0 unspecified atom stereocenters. The van der Waals surface area contributed by atoms with Crippen LogP contribution in [-0.2, 0) is 24.0 Å². The fourth-order valence-corrected chi connectivity index (χ4v) is 3.20. The lowest BCUT2D eigenvalue weighted by molar-refractivity contribution is -0.138. The number of carboxylic acid groups (broad SMARTS) is 1. The second-order valence-corrected chi connectivity index (χ2v) is 7.70. The maximum absolute atomic E-state index is 12.8. The highest BCUT2D eigenvalue weighted by atomic mass is 19.4. The van der Waals surface area contributed by atoms with Gasteiger partial charge in [-0.05, 0) is 58.0 Å². The summed E-state index contributed by atoms with van der Waals surface area (Å²) in [5, 5.41) is 9.16. The maximum atomic E-state index is 12.8. The summed E-state index contributed by atoms with van der Waals surface area (Å²) in [6, 6.07) is 17.8. The number of benzene rings is 3. The summed E-state index contributed by atoms with van der Waals surface area (Å²) < 4.78 is 44.4. The van der Waals surface area contributed by atoms with Crippen molar-refractivity contribution >= 4 is 5.97 Å². The van der Waals surface area contributed by atoms with E-state index in [4.69, 9.17) is 9.84 Å². The van der Waals surface area contributed by atoms with Gasteiger partial charge in [0.05, 0.1) is 12.0 Å². The number of alkyl halides is 3. The number of rotatable bonds is 7. The average molecular weight is 428 g/mol. The molecule has 0 saturated carbocycles. The highest BCUT2D eigenvalue weighted by Crippen LogP contribution is 2.32. The quantitative estimate of drug-likeness (QED) is 0.455. The number of aliphatic carboxylic acids is 1. The van der Waals surface area contributed by atoms with Gasteiger partial charge in [-0.3, -0.25) is 4.79 Å². The van der Waals surface area contributed by atoms with Gasteiger partial charge < -0.3 is 9.84 Å². The summed E-state index contributed by atoms with van der Waals surface area (Å²) in [7, 11) is 0. The summed E-state index contributed by atoms with van der Waals surface area (Å²) in [4.78, 5) is 11.2. The molecule has 162 valence electrons. The van der Waals surface area contributed by atoms with Crippen LogP contribution in [-0.4, -0.2) is 11.1 Å². The van der Waals surface area contributed by atoms with Crippen LogP contribution in [0.2, 0.25) is 0 Å². The topological polar surface area (TPSA) is 46.5 Å².